The summed E-state index contributed by atoms with van der Waals surface area (Å²) in [6, 6.07) is 0. The highest BCUT2D eigenvalue weighted by Gasteiger charge is 2.27. The molecule has 2 rings (SSSR count). The molecular weight excluding hydrogens is 168 g/mol. The zero-order chi connectivity index (χ0) is 9.97. The van der Waals surface area contributed by atoms with Gasteiger partial charge in [0.1, 0.15) is 0 Å². The molecule has 0 amide bonds. The molecule has 0 saturated heterocycles. The number of hydrogen-bond donors (Lipinski definition) is 0. The largest absolute Gasteiger partial charge is 0.0882 e. The zero-order valence-electron chi connectivity index (χ0n) is 9.45. The van der Waals surface area contributed by atoms with Gasteiger partial charge in [-0.2, -0.15) is 0 Å². The van der Waals surface area contributed by atoms with E-state index in [1.165, 1.54) is 25.7 Å². The highest BCUT2D eigenvalue weighted by Crippen LogP contribution is 2.37. The van der Waals surface area contributed by atoms with Crippen LogP contribution in [0.1, 0.15) is 39.5 Å². The van der Waals surface area contributed by atoms with Gasteiger partial charge in [-0.05, 0) is 49.4 Å². The molecule has 0 heteroatoms. The average Bonchev–Trinajstić information content (AvgIpc) is 2.45. The van der Waals surface area contributed by atoms with Crippen molar-refractivity contribution < 1.29 is 0 Å². The zero-order valence-corrected chi connectivity index (χ0v) is 9.45. The summed E-state index contributed by atoms with van der Waals surface area (Å²) in [5.41, 5.74) is 0. The Balaban J connectivity index is 2.01. The molecule has 0 aromatic rings. The molecule has 78 valence electrons. The van der Waals surface area contributed by atoms with Gasteiger partial charge in [0.25, 0.3) is 0 Å². The van der Waals surface area contributed by atoms with Gasteiger partial charge in [-0.25, -0.2) is 0 Å². The third-order valence-electron chi connectivity index (χ3n) is 3.96. The van der Waals surface area contributed by atoms with Gasteiger partial charge >= 0.3 is 0 Å². The Bertz CT molecular complexity index is 236. The first-order chi connectivity index (χ1) is 6.77. The first-order valence-electron chi connectivity index (χ1n) is 6.10. The number of rotatable bonds is 1. The monoisotopic (exact) mass is 190 g/mol. The molecule has 0 saturated carbocycles. The summed E-state index contributed by atoms with van der Waals surface area (Å²) in [4.78, 5) is 0. The Morgan fingerprint density at radius 2 is 1.93 bits per heavy atom. The number of hydrogen-bond acceptors (Lipinski definition) is 0. The van der Waals surface area contributed by atoms with E-state index >= 15 is 0 Å². The van der Waals surface area contributed by atoms with Crippen molar-refractivity contribution in [3.63, 3.8) is 0 Å². The Labute approximate surface area is 88.1 Å². The minimum Gasteiger partial charge on any atom is -0.0882 e. The van der Waals surface area contributed by atoms with E-state index in [1.807, 2.05) is 0 Å². The van der Waals surface area contributed by atoms with Gasteiger partial charge in [0.15, 0.2) is 0 Å². The highest BCUT2D eigenvalue weighted by atomic mass is 14.3. The summed E-state index contributed by atoms with van der Waals surface area (Å²) in [7, 11) is 0. The minimum absolute atomic E-state index is 0.801. The van der Waals surface area contributed by atoms with E-state index in [1.54, 1.807) is 0 Å². The summed E-state index contributed by atoms with van der Waals surface area (Å²) in [6.07, 6.45) is 15.1. The smallest absolute Gasteiger partial charge is 0.0194 e. The van der Waals surface area contributed by atoms with Gasteiger partial charge in [-0.3, -0.25) is 0 Å². The summed E-state index contributed by atoms with van der Waals surface area (Å²) in [6.45, 7) is 4.78. The van der Waals surface area contributed by atoms with E-state index in [0.717, 1.165) is 23.7 Å². The van der Waals surface area contributed by atoms with Crippen LogP contribution in [-0.2, 0) is 0 Å². The van der Waals surface area contributed by atoms with Gasteiger partial charge in [-0.1, -0.05) is 38.2 Å². The predicted octanol–water partition coefficient (Wildman–Crippen LogP) is 4.19. The SMILES string of the molecule is CC1CCC=CC(C2CC=CC2C)C1. The van der Waals surface area contributed by atoms with Crippen LogP contribution >= 0.6 is 0 Å². The van der Waals surface area contributed by atoms with Crippen molar-refractivity contribution in [3.05, 3.63) is 24.3 Å². The second-order valence-corrected chi connectivity index (χ2v) is 5.20. The molecule has 0 bridgehead atoms. The maximum atomic E-state index is 2.50. The quantitative estimate of drug-likeness (QED) is 0.544. The predicted molar refractivity (Wildman–Crippen MR) is 62.1 cm³/mol. The summed E-state index contributed by atoms with van der Waals surface area (Å²) < 4.78 is 0. The van der Waals surface area contributed by atoms with Crippen LogP contribution < -0.4 is 0 Å². The molecule has 0 aromatic heterocycles. The van der Waals surface area contributed by atoms with Crippen molar-refractivity contribution in [2.45, 2.75) is 39.5 Å². The summed E-state index contributed by atoms with van der Waals surface area (Å²) in [5.74, 6) is 3.46. The summed E-state index contributed by atoms with van der Waals surface area (Å²) >= 11 is 0. The van der Waals surface area contributed by atoms with Crippen LogP contribution in [0.5, 0.6) is 0 Å². The van der Waals surface area contributed by atoms with Crippen LogP contribution in [0.15, 0.2) is 24.3 Å². The highest BCUT2D eigenvalue weighted by molar-refractivity contribution is 5.06. The second kappa shape index (κ2) is 4.33. The van der Waals surface area contributed by atoms with Gasteiger partial charge in [0.2, 0.25) is 0 Å². The molecule has 0 aromatic carbocycles. The van der Waals surface area contributed by atoms with E-state index in [9.17, 15) is 0 Å². The fraction of sp³-hybridized carbons (Fsp3) is 0.714. The van der Waals surface area contributed by atoms with Crippen LogP contribution in [0.2, 0.25) is 0 Å². The first kappa shape index (κ1) is 10.0. The van der Waals surface area contributed by atoms with E-state index in [-0.39, 0.29) is 0 Å². The van der Waals surface area contributed by atoms with Gasteiger partial charge in [0, 0.05) is 0 Å². The van der Waals surface area contributed by atoms with Gasteiger partial charge in [0.05, 0.1) is 0 Å². The van der Waals surface area contributed by atoms with Crippen molar-refractivity contribution in [3.8, 4) is 0 Å². The molecule has 0 fully saturated rings. The number of allylic oxidation sites excluding steroid dienone is 4. The van der Waals surface area contributed by atoms with Crippen molar-refractivity contribution in [2.75, 3.05) is 0 Å². The second-order valence-electron chi connectivity index (χ2n) is 5.20. The van der Waals surface area contributed by atoms with E-state index in [4.69, 9.17) is 0 Å². The van der Waals surface area contributed by atoms with Crippen LogP contribution in [0.25, 0.3) is 0 Å². The molecule has 14 heavy (non-hydrogen) atoms. The lowest BCUT2D eigenvalue weighted by atomic mass is 9.79. The molecule has 0 spiro atoms. The molecule has 0 heterocycles. The maximum Gasteiger partial charge on any atom is -0.0194 e. The van der Waals surface area contributed by atoms with Crippen molar-refractivity contribution in [1.82, 2.24) is 0 Å². The minimum atomic E-state index is 0.801. The molecule has 2 aliphatic carbocycles. The van der Waals surface area contributed by atoms with Gasteiger partial charge < -0.3 is 0 Å². The molecule has 4 unspecified atom stereocenters. The fourth-order valence-corrected chi connectivity index (χ4v) is 3.00. The topological polar surface area (TPSA) is 0 Å². The molecule has 0 N–H and O–H groups in total. The fourth-order valence-electron chi connectivity index (χ4n) is 3.00. The molecule has 0 aliphatic heterocycles. The molecule has 4 atom stereocenters. The lowest BCUT2D eigenvalue weighted by molar-refractivity contribution is 0.292. The lowest BCUT2D eigenvalue weighted by Crippen LogP contribution is -2.17. The van der Waals surface area contributed by atoms with Gasteiger partial charge in [-0.15, -0.1) is 0 Å². The van der Waals surface area contributed by atoms with Crippen LogP contribution in [0, 0.1) is 23.7 Å². The molecular formula is C14H22. The van der Waals surface area contributed by atoms with Crippen molar-refractivity contribution >= 4 is 0 Å². The Hall–Kier alpha value is -0.520. The van der Waals surface area contributed by atoms with Crippen molar-refractivity contribution in [1.29, 1.82) is 0 Å². The first-order valence-corrected chi connectivity index (χ1v) is 6.10. The Kier molecular flexibility index (Phi) is 3.10. The summed E-state index contributed by atoms with van der Waals surface area (Å²) in [5, 5.41) is 0. The van der Waals surface area contributed by atoms with E-state index in [2.05, 4.69) is 38.2 Å². The maximum absolute atomic E-state index is 2.50. The van der Waals surface area contributed by atoms with E-state index in [0.29, 0.717) is 0 Å². The average molecular weight is 190 g/mol. The Morgan fingerprint density at radius 1 is 1.07 bits per heavy atom. The molecule has 0 radical (unpaired) electrons. The van der Waals surface area contributed by atoms with Crippen LogP contribution in [0.3, 0.4) is 0 Å². The lowest BCUT2D eigenvalue weighted by Gasteiger charge is -2.25. The van der Waals surface area contributed by atoms with Crippen LogP contribution in [0.4, 0.5) is 0 Å². The van der Waals surface area contributed by atoms with E-state index < -0.39 is 0 Å². The van der Waals surface area contributed by atoms with Crippen molar-refractivity contribution in [2.24, 2.45) is 23.7 Å². The third kappa shape index (κ3) is 2.10. The molecule has 0 nitrogen and oxygen atoms in total. The normalized spacial score (nSPS) is 42.7. The van der Waals surface area contributed by atoms with Crippen LogP contribution in [-0.4, -0.2) is 0 Å². The third-order valence-corrected chi connectivity index (χ3v) is 3.96. The Morgan fingerprint density at radius 3 is 2.64 bits per heavy atom. The standard InChI is InChI=1S/C14H22/c1-11-6-3-4-8-13(10-11)14-9-5-7-12(14)2/h4-5,7-8,11-14H,3,6,9-10H2,1-2H3. The molecule has 2 aliphatic rings.